The summed E-state index contributed by atoms with van der Waals surface area (Å²) in [5.41, 5.74) is 1.03. The molecular weight excluding hydrogens is 322 g/mol. The van der Waals surface area contributed by atoms with Gasteiger partial charge in [-0.25, -0.2) is 0 Å². The molecule has 3 rings (SSSR count). The van der Waals surface area contributed by atoms with Gasteiger partial charge in [0.2, 0.25) is 0 Å². The Kier molecular flexibility index (Phi) is 5.01. The van der Waals surface area contributed by atoms with Gasteiger partial charge in [-0.15, -0.1) is 11.3 Å². The van der Waals surface area contributed by atoms with Crippen LogP contribution < -0.4 is 14.8 Å². The van der Waals surface area contributed by atoms with E-state index in [0.717, 1.165) is 32.0 Å². The van der Waals surface area contributed by atoms with Crippen molar-refractivity contribution in [2.45, 2.75) is 6.92 Å². The van der Waals surface area contributed by atoms with Gasteiger partial charge < -0.3 is 14.8 Å². The first kappa shape index (κ1) is 16.3. The number of rotatable bonds is 6. The topological polar surface area (TPSA) is 47.6 Å². The maximum Gasteiger partial charge on any atom is 0.261 e. The number of thiophene rings is 1. The van der Waals surface area contributed by atoms with Crippen molar-refractivity contribution in [1.82, 2.24) is 5.32 Å². The number of carbonyl (C=O) groups is 1. The highest BCUT2D eigenvalue weighted by atomic mass is 32.1. The molecule has 2 aromatic carbocycles. The first-order valence-corrected chi connectivity index (χ1v) is 8.54. The number of carbonyl (C=O) groups excluding carboxylic acids is 1. The molecule has 0 aliphatic heterocycles. The number of amides is 1. The Balaban J connectivity index is 1.54. The van der Waals surface area contributed by atoms with E-state index < -0.39 is 0 Å². The van der Waals surface area contributed by atoms with Crippen molar-refractivity contribution in [2.24, 2.45) is 0 Å². The lowest BCUT2D eigenvalue weighted by Crippen LogP contribution is -2.27. The van der Waals surface area contributed by atoms with Crippen LogP contribution in [0.4, 0.5) is 0 Å². The van der Waals surface area contributed by atoms with E-state index in [4.69, 9.17) is 9.47 Å². The minimum absolute atomic E-state index is 0.0490. The average Bonchev–Trinajstić information content (AvgIpc) is 2.96. The number of benzene rings is 2. The fraction of sp³-hybridized carbons (Fsp3) is 0.211. The van der Waals surface area contributed by atoms with Crippen LogP contribution in [0.15, 0.2) is 48.5 Å². The molecule has 5 heteroatoms. The summed E-state index contributed by atoms with van der Waals surface area (Å²) in [6.45, 7) is 2.86. The molecule has 4 nitrogen and oxygen atoms in total. The van der Waals surface area contributed by atoms with E-state index in [0.29, 0.717) is 13.2 Å². The molecule has 1 heterocycles. The van der Waals surface area contributed by atoms with Crippen LogP contribution in [0.5, 0.6) is 11.5 Å². The number of fused-ring (bicyclic) bond motifs is 1. The second kappa shape index (κ2) is 7.36. The lowest BCUT2D eigenvalue weighted by atomic mass is 10.1. The highest BCUT2D eigenvalue weighted by Crippen LogP contribution is 2.30. The van der Waals surface area contributed by atoms with Gasteiger partial charge in [0, 0.05) is 4.70 Å². The van der Waals surface area contributed by atoms with Gasteiger partial charge in [-0.2, -0.15) is 0 Å². The summed E-state index contributed by atoms with van der Waals surface area (Å²) in [5.74, 6) is 1.49. The number of ether oxygens (including phenoxy) is 2. The number of nitrogens with one attached hydrogen (secondary N) is 1. The molecule has 0 saturated heterocycles. The van der Waals surface area contributed by atoms with E-state index >= 15 is 0 Å². The summed E-state index contributed by atoms with van der Waals surface area (Å²) in [6, 6.07) is 15.4. The fourth-order valence-corrected chi connectivity index (χ4v) is 3.60. The van der Waals surface area contributed by atoms with Gasteiger partial charge in [0.1, 0.15) is 18.1 Å². The largest absolute Gasteiger partial charge is 0.497 e. The average molecular weight is 341 g/mol. The quantitative estimate of drug-likeness (QED) is 0.689. The fourth-order valence-electron chi connectivity index (χ4n) is 2.48. The predicted octanol–water partition coefficient (Wildman–Crippen LogP) is 4.03. The predicted molar refractivity (Wildman–Crippen MR) is 97.4 cm³/mol. The summed E-state index contributed by atoms with van der Waals surface area (Å²) in [6.07, 6.45) is 0. The first-order valence-electron chi connectivity index (χ1n) is 7.72. The molecule has 1 N–H and O–H groups in total. The Morgan fingerprint density at radius 2 is 1.79 bits per heavy atom. The van der Waals surface area contributed by atoms with Crippen molar-refractivity contribution in [3.05, 3.63) is 59.0 Å². The molecule has 3 aromatic rings. The Morgan fingerprint density at radius 3 is 2.50 bits per heavy atom. The van der Waals surface area contributed by atoms with E-state index in [1.165, 1.54) is 11.3 Å². The van der Waals surface area contributed by atoms with Crippen LogP contribution in [0.2, 0.25) is 0 Å². The number of methoxy groups -OCH3 is 1. The van der Waals surface area contributed by atoms with E-state index in [1.807, 2.05) is 55.5 Å². The van der Waals surface area contributed by atoms with Crippen molar-refractivity contribution in [3.8, 4) is 11.5 Å². The lowest BCUT2D eigenvalue weighted by molar-refractivity contribution is 0.0950. The molecule has 0 bridgehead atoms. The summed E-state index contributed by atoms with van der Waals surface area (Å²) < 4.78 is 11.8. The Bertz CT molecular complexity index is 839. The molecule has 0 saturated carbocycles. The van der Waals surface area contributed by atoms with Crippen LogP contribution in [-0.2, 0) is 0 Å². The van der Waals surface area contributed by atoms with Crippen LogP contribution in [0.3, 0.4) is 0 Å². The standard InChI is InChI=1S/C19H19NO3S/c1-13-16-5-3-4-6-17(16)24-18(13)19(21)20-11-12-23-15-9-7-14(22-2)8-10-15/h3-10H,11-12H2,1-2H3,(H,20,21). The molecule has 0 fully saturated rings. The molecule has 0 radical (unpaired) electrons. The van der Waals surface area contributed by atoms with Crippen molar-refractivity contribution < 1.29 is 14.3 Å². The Hall–Kier alpha value is -2.53. The van der Waals surface area contributed by atoms with E-state index in [1.54, 1.807) is 7.11 Å². The molecule has 1 aromatic heterocycles. The normalized spacial score (nSPS) is 10.6. The van der Waals surface area contributed by atoms with Crippen LogP contribution in [0, 0.1) is 6.92 Å². The van der Waals surface area contributed by atoms with Gasteiger partial charge >= 0.3 is 0 Å². The van der Waals surface area contributed by atoms with Gasteiger partial charge in [-0.1, -0.05) is 18.2 Å². The maximum atomic E-state index is 12.4. The molecule has 0 unspecified atom stereocenters. The van der Waals surface area contributed by atoms with Gasteiger partial charge in [-0.05, 0) is 48.2 Å². The summed E-state index contributed by atoms with van der Waals surface area (Å²) >= 11 is 1.52. The maximum absolute atomic E-state index is 12.4. The summed E-state index contributed by atoms with van der Waals surface area (Å²) in [5, 5.41) is 4.06. The summed E-state index contributed by atoms with van der Waals surface area (Å²) in [4.78, 5) is 13.1. The lowest BCUT2D eigenvalue weighted by Gasteiger charge is -2.08. The van der Waals surface area contributed by atoms with Gasteiger partial charge in [0.25, 0.3) is 5.91 Å². The van der Waals surface area contributed by atoms with E-state index in [-0.39, 0.29) is 5.91 Å². The van der Waals surface area contributed by atoms with Crippen molar-refractivity contribution in [3.63, 3.8) is 0 Å². The highest BCUT2D eigenvalue weighted by molar-refractivity contribution is 7.21. The molecule has 1 amide bonds. The smallest absolute Gasteiger partial charge is 0.261 e. The van der Waals surface area contributed by atoms with E-state index in [2.05, 4.69) is 5.32 Å². The Morgan fingerprint density at radius 1 is 1.08 bits per heavy atom. The van der Waals surface area contributed by atoms with Crippen LogP contribution in [0.1, 0.15) is 15.2 Å². The second-order valence-corrected chi connectivity index (χ2v) is 6.38. The summed E-state index contributed by atoms with van der Waals surface area (Å²) in [7, 11) is 1.63. The van der Waals surface area contributed by atoms with Crippen molar-refractivity contribution in [2.75, 3.05) is 20.3 Å². The SMILES string of the molecule is COc1ccc(OCCNC(=O)c2sc3ccccc3c2C)cc1. The molecule has 0 aliphatic carbocycles. The number of aryl methyl sites for hydroxylation is 1. The van der Waals surface area contributed by atoms with E-state index in [9.17, 15) is 4.79 Å². The number of hydrogen-bond acceptors (Lipinski definition) is 4. The van der Waals surface area contributed by atoms with Crippen molar-refractivity contribution in [1.29, 1.82) is 0 Å². The number of hydrogen-bond donors (Lipinski definition) is 1. The second-order valence-electron chi connectivity index (χ2n) is 5.33. The van der Waals surface area contributed by atoms with Crippen LogP contribution in [-0.4, -0.2) is 26.2 Å². The zero-order valence-corrected chi connectivity index (χ0v) is 14.5. The van der Waals surface area contributed by atoms with Gasteiger partial charge in [0.05, 0.1) is 18.5 Å². The zero-order chi connectivity index (χ0) is 16.9. The molecule has 0 aliphatic rings. The highest BCUT2D eigenvalue weighted by Gasteiger charge is 2.14. The zero-order valence-electron chi connectivity index (χ0n) is 13.7. The molecule has 24 heavy (non-hydrogen) atoms. The minimum atomic E-state index is -0.0490. The molecule has 0 spiro atoms. The van der Waals surface area contributed by atoms with Gasteiger partial charge in [0.15, 0.2) is 0 Å². The van der Waals surface area contributed by atoms with Crippen LogP contribution >= 0.6 is 11.3 Å². The molecule has 0 atom stereocenters. The third-order valence-electron chi connectivity index (χ3n) is 3.77. The first-order chi connectivity index (χ1) is 11.7. The third kappa shape index (κ3) is 3.51. The van der Waals surface area contributed by atoms with Crippen molar-refractivity contribution >= 4 is 27.3 Å². The van der Waals surface area contributed by atoms with Crippen LogP contribution in [0.25, 0.3) is 10.1 Å². The Labute approximate surface area is 145 Å². The monoisotopic (exact) mass is 341 g/mol. The van der Waals surface area contributed by atoms with Gasteiger partial charge in [-0.3, -0.25) is 4.79 Å². The minimum Gasteiger partial charge on any atom is -0.497 e. The molecular formula is C19H19NO3S. The third-order valence-corrected chi connectivity index (χ3v) is 5.04. The molecule has 124 valence electrons.